The van der Waals surface area contributed by atoms with Gasteiger partial charge in [0.25, 0.3) is 0 Å². The molecule has 2 aromatic rings. The molecule has 2 rings (SSSR count). The van der Waals surface area contributed by atoms with E-state index in [1.54, 1.807) is 31.3 Å². The summed E-state index contributed by atoms with van der Waals surface area (Å²) in [6, 6.07) is 18.2. The highest BCUT2D eigenvalue weighted by Gasteiger charge is 2.40. The lowest BCUT2D eigenvalue weighted by Crippen LogP contribution is -2.34. The molecule has 0 saturated carbocycles. The van der Waals surface area contributed by atoms with Crippen LogP contribution in [0.3, 0.4) is 0 Å². The molecular formula is C17H22NO3P. The maximum absolute atomic E-state index is 13.4. The van der Waals surface area contributed by atoms with Crippen LogP contribution in [0.2, 0.25) is 0 Å². The number of nitrogens with one attached hydrogen (secondary N) is 1. The highest BCUT2D eigenvalue weighted by Crippen LogP contribution is 2.53. The first-order valence-corrected chi connectivity index (χ1v) is 8.92. The van der Waals surface area contributed by atoms with E-state index in [0.717, 1.165) is 0 Å². The topological polar surface area (TPSA) is 47.6 Å². The average Bonchev–Trinajstić information content (AvgIpc) is 2.49. The van der Waals surface area contributed by atoms with Gasteiger partial charge in [0.05, 0.1) is 0 Å². The highest BCUT2D eigenvalue weighted by atomic mass is 31.2. The predicted octanol–water partition coefficient (Wildman–Crippen LogP) is 4.54. The first kappa shape index (κ1) is 16.6. The van der Waals surface area contributed by atoms with Crippen molar-refractivity contribution in [2.75, 3.05) is 7.05 Å². The summed E-state index contributed by atoms with van der Waals surface area (Å²) in [4.78, 5) is 0. The van der Waals surface area contributed by atoms with Gasteiger partial charge < -0.3 is 14.4 Å². The van der Waals surface area contributed by atoms with Crippen LogP contribution in [-0.2, 0) is 4.57 Å². The van der Waals surface area contributed by atoms with Crippen LogP contribution in [0.25, 0.3) is 0 Å². The number of hydrogen-bond donors (Lipinski definition) is 1. The summed E-state index contributed by atoms with van der Waals surface area (Å²) in [6.45, 7) is 3.97. The van der Waals surface area contributed by atoms with Gasteiger partial charge >= 0.3 is 7.60 Å². The zero-order valence-electron chi connectivity index (χ0n) is 13.1. The molecule has 0 bridgehead atoms. The molecule has 0 aliphatic rings. The van der Waals surface area contributed by atoms with E-state index in [1.807, 2.05) is 50.2 Å². The standard InChI is InChI=1S/C17H22NO3P/c1-14(2)17(18-3)22(19,20-15-10-6-4-7-11-15)21-16-12-8-5-9-13-16/h4-14,17-18H,1-3H3. The third kappa shape index (κ3) is 4.12. The van der Waals surface area contributed by atoms with Gasteiger partial charge in [-0.3, -0.25) is 0 Å². The molecule has 22 heavy (non-hydrogen) atoms. The molecule has 1 N–H and O–H groups in total. The van der Waals surface area contributed by atoms with Crippen molar-refractivity contribution in [1.29, 1.82) is 0 Å². The maximum atomic E-state index is 13.4. The average molecular weight is 319 g/mol. The number of para-hydroxylation sites is 2. The zero-order chi connectivity index (χ0) is 16.0. The molecule has 0 saturated heterocycles. The largest absolute Gasteiger partial charge is 0.447 e. The van der Waals surface area contributed by atoms with Crippen LogP contribution < -0.4 is 14.4 Å². The van der Waals surface area contributed by atoms with Gasteiger partial charge in [0.2, 0.25) is 0 Å². The molecule has 1 unspecified atom stereocenters. The van der Waals surface area contributed by atoms with Crippen LogP contribution >= 0.6 is 7.60 Å². The minimum Gasteiger partial charge on any atom is -0.415 e. The third-order valence-electron chi connectivity index (χ3n) is 3.22. The number of hydrogen-bond acceptors (Lipinski definition) is 4. The van der Waals surface area contributed by atoms with Crippen molar-refractivity contribution >= 4 is 7.60 Å². The van der Waals surface area contributed by atoms with Gasteiger partial charge in [0, 0.05) is 0 Å². The van der Waals surface area contributed by atoms with Crippen molar-refractivity contribution in [2.45, 2.75) is 19.6 Å². The van der Waals surface area contributed by atoms with E-state index >= 15 is 0 Å². The maximum Gasteiger partial charge on any atom is 0.447 e. The Morgan fingerprint density at radius 3 is 1.59 bits per heavy atom. The Morgan fingerprint density at radius 1 is 0.864 bits per heavy atom. The molecule has 0 radical (unpaired) electrons. The number of benzene rings is 2. The summed E-state index contributed by atoms with van der Waals surface area (Å²) in [5, 5.41) is 3.07. The second-order valence-electron chi connectivity index (χ2n) is 5.33. The highest BCUT2D eigenvalue weighted by molar-refractivity contribution is 7.55. The normalized spacial score (nSPS) is 12.9. The summed E-state index contributed by atoms with van der Waals surface area (Å²) in [7, 11) is -1.68. The molecule has 0 aliphatic carbocycles. The minimum atomic E-state index is -3.44. The predicted molar refractivity (Wildman–Crippen MR) is 89.4 cm³/mol. The first-order chi connectivity index (χ1) is 10.5. The molecule has 1 atom stereocenters. The lowest BCUT2D eigenvalue weighted by atomic mass is 10.2. The van der Waals surface area contributed by atoms with E-state index < -0.39 is 13.4 Å². The van der Waals surface area contributed by atoms with Gasteiger partial charge in [-0.05, 0) is 37.2 Å². The van der Waals surface area contributed by atoms with E-state index in [2.05, 4.69) is 5.32 Å². The molecule has 0 amide bonds. The third-order valence-corrected chi connectivity index (χ3v) is 5.69. The lowest BCUT2D eigenvalue weighted by Gasteiger charge is -2.29. The fourth-order valence-electron chi connectivity index (χ4n) is 2.25. The Kier molecular flexibility index (Phi) is 5.64. The summed E-state index contributed by atoms with van der Waals surface area (Å²) < 4.78 is 25.0. The molecule has 5 heteroatoms. The second kappa shape index (κ2) is 7.48. The van der Waals surface area contributed by atoms with Gasteiger partial charge in [-0.1, -0.05) is 50.2 Å². The molecule has 0 aromatic heterocycles. The lowest BCUT2D eigenvalue weighted by molar-refractivity contribution is 0.343. The second-order valence-corrected chi connectivity index (χ2v) is 7.33. The van der Waals surface area contributed by atoms with Crippen molar-refractivity contribution in [3.05, 3.63) is 60.7 Å². The molecule has 0 spiro atoms. The monoisotopic (exact) mass is 319 g/mol. The summed E-state index contributed by atoms with van der Waals surface area (Å²) in [5.74, 6) is 0.737. The molecular weight excluding hydrogens is 297 g/mol. The van der Waals surface area contributed by atoms with Crippen LogP contribution in [-0.4, -0.2) is 12.8 Å². The van der Waals surface area contributed by atoms with Gasteiger partial charge in [0.15, 0.2) is 0 Å². The van der Waals surface area contributed by atoms with E-state index in [1.165, 1.54) is 0 Å². The van der Waals surface area contributed by atoms with Crippen molar-refractivity contribution in [3.63, 3.8) is 0 Å². The quantitative estimate of drug-likeness (QED) is 0.761. The Hall–Kier alpha value is -1.77. The van der Waals surface area contributed by atoms with Gasteiger partial charge in [-0.25, -0.2) is 4.57 Å². The van der Waals surface area contributed by atoms with Crippen LogP contribution in [0.1, 0.15) is 13.8 Å². The van der Waals surface area contributed by atoms with Gasteiger partial charge in [0.1, 0.15) is 17.3 Å². The Bertz CT molecular complexity index is 571. The van der Waals surface area contributed by atoms with Gasteiger partial charge in [-0.2, -0.15) is 0 Å². The van der Waals surface area contributed by atoms with Crippen molar-refractivity contribution in [1.82, 2.24) is 5.32 Å². The molecule has 4 nitrogen and oxygen atoms in total. The van der Waals surface area contributed by atoms with Crippen LogP contribution in [0, 0.1) is 5.92 Å². The van der Waals surface area contributed by atoms with Crippen molar-refractivity contribution in [3.8, 4) is 11.5 Å². The van der Waals surface area contributed by atoms with E-state index in [-0.39, 0.29) is 5.92 Å². The first-order valence-electron chi connectivity index (χ1n) is 7.31. The van der Waals surface area contributed by atoms with Crippen LogP contribution in [0.4, 0.5) is 0 Å². The fourth-order valence-corrected chi connectivity index (χ4v) is 4.39. The SMILES string of the molecule is CNC(C(C)C)P(=O)(Oc1ccccc1)Oc1ccccc1. The van der Waals surface area contributed by atoms with E-state index in [0.29, 0.717) is 11.5 Å². The molecule has 2 aromatic carbocycles. The Labute approximate surface area is 132 Å². The minimum absolute atomic E-state index is 0.0863. The van der Waals surface area contributed by atoms with Crippen LogP contribution in [0.5, 0.6) is 11.5 Å². The van der Waals surface area contributed by atoms with Gasteiger partial charge in [-0.15, -0.1) is 0 Å². The van der Waals surface area contributed by atoms with Crippen LogP contribution in [0.15, 0.2) is 60.7 Å². The molecule has 0 fully saturated rings. The fraction of sp³-hybridized carbons (Fsp3) is 0.294. The summed E-state index contributed by atoms with van der Waals surface area (Å²) >= 11 is 0. The number of rotatable bonds is 7. The van der Waals surface area contributed by atoms with E-state index in [9.17, 15) is 4.57 Å². The van der Waals surface area contributed by atoms with Crippen molar-refractivity contribution < 1.29 is 13.6 Å². The van der Waals surface area contributed by atoms with E-state index in [4.69, 9.17) is 9.05 Å². The summed E-state index contributed by atoms with van der Waals surface area (Å²) in [5.41, 5.74) is 0. The molecule has 0 heterocycles. The Balaban J connectivity index is 2.33. The molecule has 0 aliphatic heterocycles. The molecule has 118 valence electrons. The Morgan fingerprint density at radius 2 is 1.27 bits per heavy atom. The summed E-state index contributed by atoms with van der Waals surface area (Å²) in [6.07, 6.45) is 0. The van der Waals surface area contributed by atoms with Crippen molar-refractivity contribution in [2.24, 2.45) is 5.92 Å². The zero-order valence-corrected chi connectivity index (χ0v) is 14.0. The smallest absolute Gasteiger partial charge is 0.415 e.